The highest BCUT2D eigenvalue weighted by Gasteiger charge is 2.38. The van der Waals surface area contributed by atoms with Crippen molar-refractivity contribution < 1.29 is 14.3 Å². The molecular formula is C21H29ClN2O3. The van der Waals surface area contributed by atoms with Crippen molar-refractivity contribution in [3.8, 4) is 0 Å². The van der Waals surface area contributed by atoms with E-state index < -0.39 is 5.60 Å². The Morgan fingerprint density at radius 1 is 1.19 bits per heavy atom. The smallest absolute Gasteiger partial charge is 0.410 e. The Labute approximate surface area is 166 Å². The van der Waals surface area contributed by atoms with Gasteiger partial charge in [0.25, 0.3) is 0 Å². The summed E-state index contributed by atoms with van der Waals surface area (Å²) < 4.78 is 5.48. The van der Waals surface area contributed by atoms with Gasteiger partial charge in [-0.1, -0.05) is 23.7 Å². The molecule has 0 radical (unpaired) electrons. The molecule has 2 amide bonds. The predicted molar refractivity (Wildman–Crippen MR) is 106 cm³/mol. The number of ether oxygens (including phenoxy) is 1. The number of halogens is 1. The molecule has 6 heteroatoms. The zero-order chi connectivity index (χ0) is 19.6. The fraction of sp³-hybridized carbons (Fsp3) is 0.619. The van der Waals surface area contributed by atoms with Crippen LogP contribution in [0.25, 0.3) is 0 Å². The highest BCUT2D eigenvalue weighted by molar-refractivity contribution is 6.30. The van der Waals surface area contributed by atoms with Crippen LogP contribution in [0.1, 0.15) is 52.0 Å². The third-order valence-electron chi connectivity index (χ3n) is 4.96. The second kappa shape index (κ2) is 8.09. The van der Waals surface area contributed by atoms with Gasteiger partial charge in [0.05, 0.1) is 5.92 Å². The van der Waals surface area contributed by atoms with Gasteiger partial charge in [-0.3, -0.25) is 4.79 Å². The van der Waals surface area contributed by atoms with Crippen molar-refractivity contribution in [1.29, 1.82) is 0 Å². The summed E-state index contributed by atoms with van der Waals surface area (Å²) in [5, 5.41) is 0.698. The van der Waals surface area contributed by atoms with Crippen LogP contribution in [0.3, 0.4) is 0 Å². The van der Waals surface area contributed by atoms with E-state index in [4.69, 9.17) is 16.3 Å². The first kappa shape index (κ1) is 20.0. The van der Waals surface area contributed by atoms with E-state index in [-0.39, 0.29) is 17.9 Å². The van der Waals surface area contributed by atoms with Gasteiger partial charge in [0, 0.05) is 30.7 Å². The average molecular weight is 393 g/mol. The van der Waals surface area contributed by atoms with Crippen molar-refractivity contribution in [1.82, 2.24) is 9.80 Å². The summed E-state index contributed by atoms with van der Waals surface area (Å²) >= 11 is 5.97. The summed E-state index contributed by atoms with van der Waals surface area (Å²) in [4.78, 5) is 29.3. The lowest BCUT2D eigenvalue weighted by Crippen LogP contribution is -2.48. The standard InChI is InChI=1S/C21H29ClN2O3/c1-21(2,3)27-20(26)23-12-4-5-16(14-23)19(25)24(18-10-11-18)13-15-6-8-17(22)9-7-15/h6-9,16,18H,4-5,10-14H2,1-3H3/t16-/m0/s1. The molecule has 3 rings (SSSR count). The number of hydrogen-bond donors (Lipinski definition) is 0. The van der Waals surface area contributed by atoms with E-state index in [1.165, 1.54) is 0 Å². The van der Waals surface area contributed by atoms with E-state index >= 15 is 0 Å². The molecule has 1 atom stereocenters. The van der Waals surface area contributed by atoms with Crippen LogP contribution in [-0.4, -0.2) is 46.5 Å². The first-order valence-corrected chi connectivity index (χ1v) is 10.1. The number of likely N-dealkylation sites (tertiary alicyclic amines) is 1. The number of rotatable bonds is 4. The fourth-order valence-corrected chi connectivity index (χ4v) is 3.59. The van der Waals surface area contributed by atoms with Crippen molar-refractivity contribution in [3.05, 3.63) is 34.9 Å². The van der Waals surface area contributed by atoms with Crippen LogP contribution in [0, 0.1) is 5.92 Å². The van der Waals surface area contributed by atoms with Crippen molar-refractivity contribution in [2.45, 2.75) is 64.6 Å². The highest BCUT2D eigenvalue weighted by atomic mass is 35.5. The number of carbonyl (C=O) groups excluding carboxylic acids is 2. The molecule has 2 fully saturated rings. The zero-order valence-electron chi connectivity index (χ0n) is 16.4. The Kier molecular flexibility index (Phi) is 5.99. The summed E-state index contributed by atoms with van der Waals surface area (Å²) in [6.07, 6.45) is 3.44. The van der Waals surface area contributed by atoms with E-state index in [9.17, 15) is 9.59 Å². The second-order valence-corrected chi connectivity index (χ2v) is 9.03. The number of carbonyl (C=O) groups is 2. The fourth-order valence-electron chi connectivity index (χ4n) is 3.47. The van der Waals surface area contributed by atoms with Gasteiger partial charge in [0.1, 0.15) is 5.60 Å². The largest absolute Gasteiger partial charge is 0.444 e. The summed E-state index contributed by atoms with van der Waals surface area (Å²) in [6, 6.07) is 7.98. The van der Waals surface area contributed by atoms with Crippen LogP contribution in [0.5, 0.6) is 0 Å². The quantitative estimate of drug-likeness (QED) is 0.759. The molecule has 148 valence electrons. The second-order valence-electron chi connectivity index (χ2n) is 8.59. The minimum atomic E-state index is -0.525. The van der Waals surface area contributed by atoms with E-state index in [2.05, 4.69) is 0 Å². The van der Waals surface area contributed by atoms with E-state index in [0.29, 0.717) is 30.7 Å². The summed E-state index contributed by atoms with van der Waals surface area (Å²) in [6.45, 7) is 7.27. The van der Waals surface area contributed by atoms with Gasteiger partial charge < -0.3 is 14.5 Å². The first-order valence-electron chi connectivity index (χ1n) is 9.76. The lowest BCUT2D eigenvalue weighted by molar-refractivity contribution is -0.138. The SMILES string of the molecule is CC(C)(C)OC(=O)N1CCC[C@H](C(=O)N(Cc2ccc(Cl)cc2)C2CC2)C1. The Bertz CT molecular complexity index is 680. The third-order valence-corrected chi connectivity index (χ3v) is 5.21. The lowest BCUT2D eigenvalue weighted by atomic mass is 9.96. The van der Waals surface area contributed by atoms with Gasteiger partial charge in [-0.2, -0.15) is 0 Å². The molecule has 1 saturated carbocycles. The van der Waals surface area contributed by atoms with Gasteiger partial charge >= 0.3 is 6.09 Å². The Balaban J connectivity index is 1.65. The van der Waals surface area contributed by atoms with E-state index in [1.807, 2.05) is 49.9 Å². The van der Waals surface area contributed by atoms with Crippen molar-refractivity contribution in [3.63, 3.8) is 0 Å². The Morgan fingerprint density at radius 3 is 2.44 bits per heavy atom. The van der Waals surface area contributed by atoms with Gasteiger partial charge in [-0.05, 0) is 64.2 Å². The zero-order valence-corrected chi connectivity index (χ0v) is 17.2. The molecule has 1 heterocycles. The minimum Gasteiger partial charge on any atom is -0.444 e. The van der Waals surface area contributed by atoms with Crippen LogP contribution in [0.4, 0.5) is 4.79 Å². The molecule has 0 N–H and O–H groups in total. The molecule has 0 unspecified atom stereocenters. The van der Waals surface area contributed by atoms with Gasteiger partial charge in [-0.15, -0.1) is 0 Å². The van der Waals surface area contributed by atoms with E-state index in [0.717, 1.165) is 31.2 Å². The van der Waals surface area contributed by atoms with Crippen molar-refractivity contribution in [2.24, 2.45) is 5.92 Å². The molecular weight excluding hydrogens is 364 g/mol. The van der Waals surface area contributed by atoms with Crippen LogP contribution >= 0.6 is 11.6 Å². The normalized spacial score (nSPS) is 20.3. The topological polar surface area (TPSA) is 49.9 Å². The molecule has 5 nitrogen and oxygen atoms in total. The number of amides is 2. The van der Waals surface area contributed by atoms with Crippen LogP contribution in [-0.2, 0) is 16.1 Å². The Hall–Kier alpha value is -1.75. The van der Waals surface area contributed by atoms with Gasteiger partial charge in [0.15, 0.2) is 0 Å². The third kappa shape index (κ3) is 5.61. The molecule has 0 bridgehead atoms. The first-order chi connectivity index (χ1) is 12.7. The summed E-state index contributed by atoms with van der Waals surface area (Å²) in [5.74, 6) is -0.000114. The summed E-state index contributed by atoms with van der Waals surface area (Å²) in [5.41, 5.74) is 0.558. The predicted octanol–water partition coefficient (Wildman–Crippen LogP) is 4.48. The maximum atomic E-state index is 13.2. The molecule has 2 aliphatic rings. The lowest BCUT2D eigenvalue weighted by Gasteiger charge is -2.36. The number of benzene rings is 1. The maximum Gasteiger partial charge on any atom is 0.410 e. The molecule has 1 aromatic carbocycles. The molecule has 1 saturated heterocycles. The molecule has 27 heavy (non-hydrogen) atoms. The average Bonchev–Trinajstić information content (AvgIpc) is 3.44. The maximum absolute atomic E-state index is 13.2. The van der Waals surface area contributed by atoms with Crippen molar-refractivity contribution >= 4 is 23.6 Å². The van der Waals surface area contributed by atoms with Gasteiger partial charge in [-0.25, -0.2) is 4.79 Å². The van der Waals surface area contributed by atoms with Gasteiger partial charge in [0.2, 0.25) is 5.91 Å². The minimum absolute atomic E-state index is 0.153. The molecule has 0 spiro atoms. The van der Waals surface area contributed by atoms with Crippen molar-refractivity contribution in [2.75, 3.05) is 13.1 Å². The van der Waals surface area contributed by atoms with Crippen LogP contribution < -0.4 is 0 Å². The van der Waals surface area contributed by atoms with Crippen LogP contribution in [0.15, 0.2) is 24.3 Å². The molecule has 0 aromatic heterocycles. The highest BCUT2D eigenvalue weighted by Crippen LogP contribution is 2.32. The number of piperidine rings is 1. The molecule has 1 aliphatic carbocycles. The monoisotopic (exact) mass is 392 g/mol. The van der Waals surface area contributed by atoms with Crippen LogP contribution in [0.2, 0.25) is 5.02 Å². The van der Waals surface area contributed by atoms with E-state index in [1.54, 1.807) is 4.90 Å². The molecule has 1 aromatic rings. The number of nitrogens with zero attached hydrogens (tertiary/aromatic N) is 2. The Morgan fingerprint density at radius 2 is 1.85 bits per heavy atom. The number of hydrogen-bond acceptors (Lipinski definition) is 3. The summed E-state index contributed by atoms with van der Waals surface area (Å²) in [7, 11) is 0. The molecule has 1 aliphatic heterocycles.